The number of nitrogens with one attached hydrogen (secondary N) is 2. The van der Waals surface area contributed by atoms with Crippen LogP contribution in [0.3, 0.4) is 0 Å². The monoisotopic (exact) mass is 385 g/mol. The summed E-state index contributed by atoms with van der Waals surface area (Å²) < 4.78 is 42.3. The van der Waals surface area contributed by atoms with Crippen molar-refractivity contribution < 1.29 is 17.5 Å². The lowest BCUT2D eigenvalue weighted by Gasteiger charge is -2.12. The van der Waals surface area contributed by atoms with Crippen LogP contribution in [0.5, 0.6) is 0 Å². The van der Waals surface area contributed by atoms with E-state index in [0.29, 0.717) is 36.8 Å². The van der Waals surface area contributed by atoms with E-state index in [1.54, 1.807) is 0 Å². The van der Waals surface area contributed by atoms with Gasteiger partial charge in [-0.15, -0.1) is 0 Å². The number of nitrogens with zero attached hydrogens (tertiary/aromatic N) is 1. The van der Waals surface area contributed by atoms with Gasteiger partial charge in [0, 0.05) is 26.0 Å². The number of sulfone groups is 1. The van der Waals surface area contributed by atoms with Crippen LogP contribution < -0.4 is 10.6 Å². The minimum absolute atomic E-state index is 0.128. The highest BCUT2D eigenvalue weighted by Crippen LogP contribution is 2.28. The van der Waals surface area contributed by atoms with E-state index >= 15 is 0 Å². The second-order valence-electron chi connectivity index (χ2n) is 6.62. The summed E-state index contributed by atoms with van der Waals surface area (Å²) in [6.07, 6.45) is 3.69. The lowest BCUT2D eigenvalue weighted by atomic mass is 10.1. The van der Waals surface area contributed by atoms with E-state index in [9.17, 15) is 12.8 Å². The van der Waals surface area contributed by atoms with E-state index in [1.165, 1.54) is 31.0 Å². The van der Waals surface area contributed by atoms with E-state index in [2.05, 4.69) is 15.6 Å². The average molecular weight is 386 g/mol. The third-order valence-electron chi connectivity index (χ3n) is 3.93. The molecule has 1 saturated carbocycles. The summed E-state index contributed by atoms with van der Waals surface area (Å²) >= 11 is 0. The quantitative estimate of drug-likeness (QED) is 0.365. The fraction of sp³-hybridized carbons (Fsp3) is 0.611. The van der Waals surface area contributed by atoms with Gasteiger partial charge in [0.25, 0.3) is 0 Å². The standard InChI is InChI=1S/C18H28FN3O3S/c1-3-20-18(21-8-9-25-12-14-4-5-14)22-11-16-10-17(19)7-6-15(16)13-26(2,23)24/h6-7,10,14H,3-5,8-9,11-13H2,1-2H3,(H2,20,21,22). The molecule has 26 heavy (non-hydrogen) atoms. The highest BCUT2D eigenvalue weighted by Gasteiger charge is 2.20. The molecular formula is C18H28FN3O3S. The normalized spacial score (nSPS) is 15.1. The molecule has 2 rings (SSSR count). The van der Waals surface area contributed by atoms with Crippen LogP contribution in [0.15, 0.2) is 23.2 Å². The van der Waals surface area contributed by atoms with Crippen molar-refractivity contribution in [3.05, 3.63) is 35.1 Å². The number of halogens is 1. The van der Waals surface area contributed by atoms with Gasteiger partial charge in [-0.05, 0) is 48.9 Å². The summed E-state index contributed by atoms with van der Waals surface area (Å²) in [5.74, 6) is 0.797. The summed E-state index contributed by atoms with van der Waals surface area (Å²) in [6.45, 7) is 4.87. The van der Waals surface area contributed by atoms with Gasteiger partial charge < -0.3 is 15.4 Å². The summed E-state index contributed by atoms with van der Waals surface area (Å²) in [7, 11) is -3.20. The molecule has 1 aromatic carbocycles. The van der Waals surface area contributed by atoms with Crippen LogP contribution in [-0.2, 0) is 26.9 Å². The Morgan fingerprint density at radius 3 is 2.73 bits per heavy atom. The van der Waals surface area contributed by atoms with Crippen molar-refractivity contribution in [1.29, 1.82) is 0 Å². The van der Waals surface area contributed by atoms with Gasteiger partial charge in [0.15, 0.2) is 15.8 Å². The van der Waals surface area contributed by atoms with E-state index in [-0.39, 0.29) is 12.3 Å². The van der Waals surface area contributed by atoms with Crippen LogP contribution in [0.4, 0.5) is 4.39 Å². The highest BCUT2D eigenvalue weighted by atomic mass is 32.2. The molecule has 0 amide bonds. The third kappa shape index (κ3) is 8.14. The first-order valence-electron chi connectivity index (χ1n) is 8.92. The second kappa shape index (κ2) is 9.87. The zero-order chi connectivity index (χ0) is 19.0. The highest BCUT2D eigenvalue weighted by molar-refractivity contribution is 7.89. The van der Waals surface area contributed by atoms with Gasteiger partial charge in [-0.3, -0.25) is 0 Å². The van der Waals surface area contributed by atoms with Gasteiger partial charge in [-0.2, -0.15) is 0 Å². The SMILES string of the molecule is CCNC(=NCc1cc(F)ccc1CS(C)(=O)=O)NCCOCC1CC1. The van der Waals surface area contributed by atoms with E-state index in [4.69, 9.17) is 4.74 Å². The largest absolute Gasteiger partial charge is 0.379 e. The minimum atomic E-state index is -3.20. The number of hydrogen-bond donors (Lipinski definition) is 2. The van der Waals surface area contributed by atoms with Crippen LogP contribution >= 0.6 is 0 Å². The number of rotatable bonds is 10. The Balaban J connectivity index is 1.94. The van der Waals surface area contributed by atoms with Crippen molar-refractivity contribution in [3.63, 3.8) is 0 Å². The number of hydrogen-bond acceptors (Lipinski definition) is 4. The Morgan fingerprint density at radius 2 is 2.08 bits per heavy atom. The van der Waals surface area contributed by atoms with E-state index < -0.39 is 15.7 Å². The topological polar surface area (TPSA) is 79.8 Å². The number of ether oxygens (including phenoxy) is 1. The van der Waals surface area contributed by atoms with Crippen molar-refractivity contribution in [1.82, 2.24) is 10.6 Å². The Kier molecular flexibility index (Phi) is 7.84. The molecule has 1 aliphatic rings. The molecule has 1 fully saturated rings. The van der Waals surface area contributed by atoms with Crippen LogP contribution in [-0.4, -0.2) is 46.9 Å². The van der Waals surface area contributed by atoms with Gasteiger partial charge in [-0.25, -0.2) is 17.8 Å². The van der Waals surface area contributed by atoms with Crippen molar-refractivity contribution in [2.75, 3.05) is 32.6 Å². The number of guanidine groups is 1. The molecule has 1 aliphatic carbocycles. The fourth-order valence-corrected chi connectivity index (χ4v) is 3.29. The lowest BCUT2D eigenvalue weighted by Crippen LogP contribution is -2.39. The van der Waals surface area contributed by atoms with Crippen LogP contribution in [0.1, 0.15) is 30.9 Å². The minimum Gasteiger partial charge on any atom is -0.379 e. The summed E-state index contributed by atoms with van der Waals surface area (Å²) in [5.41, 5.74) is 1.14. The first-order valence-corrected chi connectivity index (χ1v) is 11.0. The molecule has 0 heterocycles. The van der Waals surface area contributed by atoms with Crippen molar-refractivity contribution in [3.8, 4) is 0 Å². The maximum Gasteiger partial charge on any atom is 0.191 e. The maximum atomic E-state index is 13.6. The third-order valence-corrected chi connectivity index (χ3v) is 4.76. The maximum absolute atomic E-state index is 13.6. The molecule has 0 bridgehead atoms. The molecular weight excluding hydrogens is 357 g/mol. The number of aliphatic imine (C=N–C) groups is 1. The van der Waals surface area contributed by atoms with Gasteiger partial charge in [0.2, 0.25) is 0 Å². The predicted molar refractivity (Wildman–Crippen MR) is 101 cm³/mol. The Bertz CT molecular complexity index is 718. The average Bonchev–Trinajstić information content (AvgIpc) is 3.37. The van der Waals surface area contributed by atoms with Crippen molar-refractivity contribution in [2.24, 2.45) is 10.9 Å². The number of benzene rings is 1. The Morgan fingerprint density at radius 1 is 1.31 bits per heavy atom. The summed E-state index contributed by atoms with van der Waals surface area (Å²) in [4.78, 5) is 4.44. The molecule has 1 aromatic rings. The van der Waals surface area contributed by atoms with Crippen LogP contribution in [0.25, 0.3) is 0 Å². The zero-order valence-electron chi connectivity index (χ0n) is 15.4. The fourth-order valence-electron chi connectivity index (χ4n) is 2.45. The zero-order valence-corrected chi connectivity index (χ0v) is 16.2. The molecule has 6 nitrogen and oxygen atoms in total. The van der Waals surface area contributed by atoms with Gasteiger partial charge >= 0.3 is 0 Å². The molecule has 0 atom stereocenters. The molecule has 0 spiro atoms. The molecule has 146 valence electrons. The van der Waals surface area contributed by atoms with Crippen molar-refractivity contribution in [2.45, 2.75) is 32.1 Å². The molecule has 0 radical (unpaired) electrons. The van der Waals surface area contributed by atoms with E-state index in [0.717, 1.165) is 18.8 Å². The van der Waals surface area contributed by atoms with E-state index in [1.807, 2.05) is 6.92 Å². The molecule has 2 N–H and O–H groups in total. The van der Waals surface area contributed by atoms with Crippen LogP contribution in [0.2, 0.25) is 0 Å². The summed E-state index contributed by atoms with van der Waals surface area (Å²) in [6, 6.07) is 4.12. The second-order valence-corrected chi connectivity index (χ2v) is 8.76. The lowest BCUT2D eigenvalue weighted by molar-refractivity contribution is 0.129. The summed E-state index contributed by atoms with van der Waals surface area (Å²) in [5, 5.41) is 6.29. The van der Waals surface area contributed by atoms with Gasteiger partial charge in [0.05, 0.1) is 18.9 Å². The smallest absolute Gasteiger partial charge is 0.191 e. The Labute approximate surface area is 155 Å². The van der Waals surface area contributed by atoms with Crippen LogP contribution in [0, 0.1) is 11.7 Å². The predicted octanol–water partition coefficient (Wildman–Crippen LogP) is 1.85. The molecule has 0 aromatic heterocycles. The van der Waals surface area contributed by atoms with Gasteiger partial charge in [0.1, 0.15) is 5.82 Å². The Hall–Kier alpha value is -1.67. The van der Waals surface area contributed by atoms with Gasteiger partial charge in [-0.1, -0.05) is 6.07 Å². The molecule has 0 unspecified atom stereocenters. The molecule has 8 heteroatoms. The molecule has 0 saturated heterocycles. The first kappa shape index (κ1) is 20.6. The first-order chi connectivity index (χ1) is 12.4. The van der Waals surface area contributed by atoms with Crippen molar-refractivity contribution >= 4 is 15.8 Å². The molecule has 0 aliphatic heterocycles.